The SMILES string of the molecule is Cc1cc(NC(=O)Nc2cc([N+](=O)[O-])ccc2Cl)no1. The van der Waals surface area contributed by atoms with Crippen LogP contribution in [0.25, 0.3) is 0 Å². The average Bonchev–Trinajstić information content (AvgIpc) is 2.77. The van der Waals surface area contributed by atoms with Gasteiger partial charge in [0.25, 0.3) is 5.69 Å². The third kappa shape index (κ3) is 3.23. The number of hydrogen-bond acceptors (Lipinski definition) is 5. The first-order chi connectivity index (χ1) is 9.45. The van der Waals surface area contributed by atoms with Gasteiger partial charge in [0, 0.05) is 18.2 Å². The molecular formula is C11H9ClN4O4. The molecule has 1 heterocycles. The predicted molar refractivity (Wildman–Crippen MR) is 72.0 cm³/mol. The van der Waals surface area contributed by atoms with Gasteiger partial charge in [0.15, 0.2) is 5.82 Å². The molecule has 0 spiro atoms. The predicted octanol–water partition coefficient (Wildman–Crippen LogP) is 3.19. The van der Waals surface area contributed by atoms with Crippen LogP contribution in [0.4, 0.5) is 22.0 Å². The van der Waals surface area contributed by atoms with Crippen LogP contribution in [0.2, 0.25) is 5.02 Å². The number of carbonyl (C=O) groups is 1. The summed E-state index contributed by atoms with van der Waals surface area (Å²) in [4.78, 5) is 21.8. The van der Waals surface area contributed by atoms with Crippen molar-refractivity contribution in [1.82, 2.24) is 5.16 Å². The molecule has 1 aromatic carbocycles. The number of nitrogens with zero attached hydrogens (tertiary/aromatic N) is 2. The molecule has 0 saturated carbocycles. The van der Waals surface area contributed by atoms with E-state index in [-0.39, 0.29) is 22.2 Å². The minimum absolute atomic E-state index is 0.124. The minimum Gasteiger partial charge on any atom is -0.360 e. The number of amides is 2. The van der Waals surface area contributed by atoms with Crippen LogP contribution in [0, 0.1) is 17.0 Å². The van der Waals surface area contributed by atoms with Crippen LogP contribution in [0.15, 0.2) is 28.8 Å². The van der Waals surface area contributed by atoms with Gasteiger partial charge in [-0.05, 0) is 13.0 Å². The number of carbonyl (C=O) groups excluding carboxylic acids is 1. The second-order valence-electron chi connectivity index (χ2n) is 3.82. The third-order valence-electron chi connectivity index (χ3n) is 2.28. The van der Waals surface area contributed by atoms with Crippen molar-refractivity contribution in [2.24, 2.45) is 0 Å². The maximum atomic E-state index is 11.7. The molecule has 9 heteroatoms. The van der Waals surface area contributed by atoms with E-state index in [1.807, 2.05) is 0 Å². The Hall–Kier alpha value is -2.61. The lowest BCUT2D eigenvalue weighted by Gasteiger charge is -2.06. The van der Waals surface area contributed by atoms with Crippen LogP contribution in [0.5, 0.6) is 0 Å². The van der Waals surface area contributed by atoms with Crippen LogP contribution in [0.1, 0.15) is 5.76 Å². The summed E-state index contributed by atoms with van der Waals surface area (Å²) in [6, 6.07) is 4.62. The van der Waals surface area contributed by atoms with Gasteiger partial charge in [-0.3, -0.25) is 15.4 Å². The Balaban J connectivity index is 2.11. The Labute approximate surface area is 117 Å². The van der Waals surface area contributed by atoms with E-state index in [1.165, 1.54) is 18.2 Å². The van der Waals surface area contributed by atoms with Gasteiger partial charge in [-0.15, -0.1) is 0 Å². The maximum absolute atomic E-state index is 11.7. The molecule has 2 N–H and O–H groups in total. The molecule has 0 radical (unpaired) electrons. The number of benzene rings is 1. The normalized spacial score (nSPS) is 10.1. The van der Waals surface area contributed by atoms with Crippen LogP contribution in [-0.4, -0.2) is 16.1 Å². The van der Waals surface area contributed by atoms with E-state index in [4.69, 9.17) is 16.1 Å². The quantitative estimate of drug-likeness (QED) is 0.667. The number of aromatic nitrogens is 1. The van der Waals surface area contributed by atoms with E-state index >= 15 is 0 Å². The van der Waals surface area contributed by atoms with Crippen molar-refractivity contribution in [1.29, 1.82) is 0 Å². The molecule has 8 nitrogen and oxygen atoms in total. The highest BCUT2D eigenvalue weighted by Crippen LogP contribution is 2.26. The summed E-state index contributed by atoms with van der Waals surface area (Å²) >= 11 is 5.85. The first kappa shape index (κ1) is 13.8. The summed E-state index contributed by atoms with van der Waals surface area (Å²) in [5.74, 6) is 0.759. The Kier molecular flexibility index (Phi) is 3.85. The summed E-state index contributed by atoms with van der Waals surface area (Å²) in [6.45, 7) is 1.67. The highest BCUT2D eigenvalue weighted by atomic mass is 35.5. The Bertz CT molecular complexity index is 670. The molecule has 0 saturated heterocycles. The number of urea groups is 1. The molecule has 0 aliphatic carbocycles. The number of rotatable bonds is 3. The van der Waals surface area contributed by atoms with Crippen LogP contribution < -0.4 is 10.6 Å². The van der Waals surface area contributed by atoms with E-state index in [2.05, 4.69) is 15.8 Å². The van der Waals surface area contributed by atoms with E-state index in [0.717, 1.165) is 6.07 Å². The number of nitro benzene ring substituents is 1. The fourth-order valence-corrected chi connectivity index (χ4v) is 1.58. The molecule has 0 atom stereocenters. The molecule has 2 rings (SSSR count). The van der Waals surface area contributed by atoms with Crippen molar-refractivity contribution in [3.05, 3.63) is 45.2 Å². The van der Waals surface area contributed by atoms with Crippen molar-refractivity contribution in [3.8, 4) is 0 Å². The van der Waals surface area contributed by atoms with Gasteiger partial charge in [0.2, 0.25) is 0 Å². The molecule has 2 amide bonds. The van der Waals surface area contributed by atoms with Gasteiger partial charge in [0.05, 0.1) is 15.6 Å². The molecule has 104 valence electrons. The van der Waals surface area contributed by atoms with Gasteiger partial charge in [-0.25, -0.2) is 4.79 Å². The Morgan fingerprint density at radius 3 is 2.75 bits per heavy atom. The summed E-state index contributed by atoms with van der Waals surface area (Å²) in [5, 5.41) is 19.2. The fraction of sp³-hybridized carbons (Fsp3) is 0.0909. The van der Waals surface area contributed by atoms with Gasteiger partial charge in [-0.2, -0.15) is 0 Å². The molecular weight excluding hydrogens is 288 g/mol. The summed E-state index contributed by atoms with van der Waals surface area (Å²) in [7, 11) is 0. The number of hydrogen-bond donors (Lipinski definition) is 2. The standard InChI is InChI=1S/C11H9ClN4O4/c1-6-4-10(15-20-6)14-11(17)13-9-5-7(16(18)19)2-3-8(9)12/h2-5H,1H3,(H2,13,14,15,17). The highest BCUT2D eigenvalue weighted by Gasteiger charge is 2.13. The molecule has 20 heavy (non-hydrogen) atoms. The van der Waals surface area contributed by atoms with Gasteiger partial charge >= 0.3 is 6.03 Å². The Morgan fingerprint density at radius 1 is 1.40 bits per heavy atom. The summed E-state index contributed by atoms with van der Waals surface area (Å²) < 4.78 is 4.78. The van der Waals surface area contributed by atoms with Crippen molar-refractivity contribution in [3.63, 3.8) is 0 Å². The summed E-state index contributed by atoms with van der Waals surface area (Å²) in [6.07, 6.45) is 0. The van der Waals surface area contributed by atoms with Crippen LogP contribution in [-0.2, 0) is 0 Å². The number of aryl methyl sites for hydroxylation is 1. The lowest BCUT2D eigenvalue weighted by molar-refractivity contribution is -0.384. The van der Waals surface area contributed by atoms with Crippen molar-refractivity contribution < 1.29 is 14.2 Å². The van der Waals surface area contributed by atoms with E-state index in [1.54, 1.807) is 6.92 Å². The third-order valence-corrected chi connectivity index (χ3v) is 2.61. The smallest absolute Gasteiger partial charge is 0.324 e. The first-order valence-corrected chi connectivity index (χ1v) is 5.79. The van der Waals surface area contributed by atoms with Gasteiger partial charge in [-0.1, -0.05) is 16.8 Å². The average molecular weight is 297 g/mol. The van der Waals surface area contributed by atoms with Crippen LogP contribution in [0.3, 0.4) is 0 Å². The first-order valence-electron chi connectivity index (χ1n) is 5.41. The molecule has 0 aliphatic heterocycles. The number of nitrogens with one attached hydrogen (secondary N) is 2. The lowest BCUT2D eigenvalue weighted by atomic mass is 10.3. The second kappa shape index (κ2) is 5.57. The van der Waals surface area contributed by atoms with Gasteiger partial charge < -0.3 is 9.84 Å². The molecule has 0 fully saturated rings. The van der Waals surface area contributed by atoms with Crippen molar-refractivity contribution >= 4 is 34.8 Å². The van der Waals surface area contributed by atoms with E-state index in [9.17, 15) is 14.9 Å². The lowest BCUT2D eigenvalue weighted by Crippen LogP contribution is -2.19. The molecule has 0 unspecified atom stereocenters. The molecule has 0 bridgehead atoms. The minimum atomic E-state index is -0.638. The zero-order chi connectivity index (χ0) is 14.7. The Morgan fingerprint density at radius 2 is 2.15 bits per heavy atom. The topological polar surface area (TPSA) is 110 Å². The zero-order valence-corrected chi connectivity index (χ0v) is 11.0. The number of halogens is 1. The van der Waals surface area contributed by atoms with E-state index < -0.39 is 11.0 Å². The monoisotopic (exact) mass is 296 g/mol. The number of nitro groups is 1. The largest absolute Gasteiger partial charge is 0.360 e. The zero-order valence-electron chi connectivity index (χ0n) is 10.2. The molecule has 2 aromatic rings. The summed E-state index contributed by atoms with van der Waals surface area (Å²) in [5.41, 5.74) is -0.0550. The maximum Gasteiger partial charge on any atom is 0.324 e. The van der Waals surface area contributed by atoms with Crippen LogP contribution >= 0.6 is 11.6 Å². The number of non-ortho nitro benzene ring substituents is 1. The second-order valence-corrected chi connectivity index (χ2v) is 4.23. The van der Waals surface area contributed by atoms with Gasteiger partial charge in [0.1, 0.15) is 5.76 Å². The highest BCUT2D eigenvalue weighted by molar-refractivity contribution is 6.33. The van der Waals surface area contributed by atoms with Crippen molar-refractivity contribution in [2.45, 2.75) is 6.92 Å². The van der Waals surface area contributed by atoms with E-state index in [0.29, 0.717) is 5.76 Å². The number of anilines is 2. The van der Waals surface area contributed by atoms with Crippen molar-refractivity contribution in [2.75, 3.05) is 10.6 Å². The fourth-order valence-electron chi connectivity index (χ4n) is 1.42. The molecule has 1 aromatic heterocycles. The molecule has 0 aliphatic rings.